The molecule has 0 fully saturated rings. The molecule has 0 aliphatic carbocycles. The van der Waals surface area contributed by atoms with Crippen molar-refractivity contribution >= 4 is 17.7 Å². The van der Waals surface area contributed by atoms with Crippen LogP contribution in [0.2, 0.25) is 0 Å². The highest BCUT2D eigenvalue weighted by molar-refractivity contribution is 5.91. The number of likely N-dealkylation sites (N-methyl/N-ethyl adjacent to an activating group) is 1. The van der Waals surface area contributed by atoms with Gasteiger partial charge < -0.3 is 10.6 Å². The van der Waals surface area contributed by atoms with Crippen LogP contribution >= 0.6 is 0 Å². The van der Waals surface area contributed by atoms with E-state index in [4.69, 9.17) is 5.21 Å². The smallest absolute Gasteiger partial charge is 0.246 e. The van der Waals surface area contributed by atoms with Crippen molar-refractivity contribution in [3.8, 4) is 0 Å². The zero-order valence-electron chi connectivity index (χ0n) is 17.6. The van der Waals surface area contributed by atoms with Crippen molar-refractivity contribution in [1.82, 2.24) is 16.1 Å². The van der Waals surface area contributed by atoms with Crippen molar-refractivity contribution in [3.05, 3.63) is 35.9 Å². The van der Waals surface area contributed by atoms with Crippen molar-refractivity contribution in [1.29, 1.82) is 0 Å². The minimum Gasteiger partial charge on any atom is -0.357 e. The summed E-state index contributed by atoms with van der Waals surface area (Å²) < 4.78 is 0. The molecule has 0 saturated carbocycles. The summed E-state index contributed by atoms with van der Waals surface area (Å²) in [7, 11) is 1.51. The molecule has 29 heavy (non-hydrogen) atoms. The van der Waals surface area contributed by atoms with Gasteiger partial charge in [-0.3, -0.25) is 19.6 Å². The minimum atomic E-state index is -0.831. The molecular formula is C22H35N3O4. The van der Waals surface area contributed by atoms with Crippen molar-refractivity contribution in [2.75, 3.05) is 7.05 Å². The summed E-state index contributed by atoms with van der Waals surface area (Å²) in [6, 6.07) is 8.14. The maximum atomic E-state index is 12.9. The molecule has 0 heterocycles. The zero-order chi connectivity index (χ0) is 21.5. The van der Waals surface area contributed by atoms with E-state index in [9.17, 15) is 14.4 Å². The van der Waals surface area contributed by atoms with Crippen molar-refractivity contribution in [3.63, 3.8) is 0 Å². The number of carbonyl (C=O) groups excluding carboxylic acids is 3. The van der Waals surface area contributed by atoms with Crippen molar-refractivity contribution in [2.24, 2.45) is 5.92 Å². The topological polar surface area (TPSA) is 108 Å². The van der Waals surface area contributed by atoms with E-state index < -0.39 is 17.9 Å². The molecular weight excluding hydrogens is 370 g/mol. The summed E-state index contributed by atoms with van der Waals surface area (Å²) in [5, 5.41) is 14.2. The van der Waals surface area contributed by atoms with Gasteiger partial charge in [-0.15, -0.1) is 0 Å². The molecule has 0 aliphatic rings. The van der Waals surface area contributed by atoms with Gasteiger partial charge >= 0.3 is 0 Å². The second kappa shape index (κ2) is 14.6. The van der Waals surface area contributed by atoms with Gasteiger partial charge in [0, 0.05) is 19.4 Å². The molecule has 0 radical (unpaired) electrons. The van der Waals surface area contributed by atoms with Crippen molar-refractivity contribution < 1.29 is 19.6 Å². The Balaban J connectivity index is 2.70. The third kappa shape index (κ3) is 9.56. The Morgan fingerprint density at radius 3 is 2.14 bits per heavy atom. The summed E-state index contributed by atoms with van der Waals surface area (Å²) in [5.74, 6) is -1.90. The molecule has 162 valence electrons. The van der Waals surface area contributed by atoms with Crippen LogP contribution in [0, 0.1) is 5.92 Å². The SMILES string of the molecule is CCCCCCCCC[C@H](CC(=O)NO)C(=O)N[C@H](C(=O)NC)c1ccccc1. The lowest BCUT2D eigenvalue weighted by molar-refractivity contribution is -0.136. The van der Waals surface area contributed by atoms with E-state index in [1.165, 1.54) is 32.7 Å². The lowest BCUT2D eigenvalue weighted by Crippen LogP contribution is -2.42. The Bertz CT molecular complexity index is 622. The maximum Gasteiger partial charge on any atom is 0.246 e. The monoisotopic (exact) mass is 405 g/mol. The van der Waals surface area contributed by atoms with Gasteiger partial charge in [-0.05, 0) is 12.0 Å². The van der Waals surface area contributed by atoms with Crippen LogP contribution in [0.15, 0.2) is 30.3 Å². The lowest BCUT2D eigenvalue weighted by atomic mass is 9.94. The number of hydrogen-bond donors (Lipinski definition) is 4. The summed E-state index contributed by atoms with van der Waals surface area (Å²) >= 11 is 0. The number of hydrogen-bond acceptors (Lipinski definition) is 4. The second-order valence-electron chi connectivity index (χ2n) is 7.31. The first-order valence-electron chi connectivity index (χ1n) is 10.5. The number of nitrogens with one attached hydrogen (secondary N) is 3. The number of hydroxylamine groups is 1. The Kier molecular flexibility index (Phi) is 12.4. The molecule has 1 rings (SSSR count). The predicted octanol–water partition coefficient (Wildman–Crippen LogP) is 3.24. The fourth-order valence-electron chi connectivity index (χ4n) is 3.29. The van der Waals surface area contributed by atoms with Gasteiger partial charge in [0.2, 0.25) is 17.7 Å². The van der Waals surface area contributed by atoms with Gasteiger partial charge in [-0.1, -0.05) is 82.2 Å². The molecule has 0 saturated heterocycles. The normalized spacial score (nSPS) is 12.7. The van der Waals surface area contributed by atoms with Gasteiger partial charge in [0.1, 0.15) is 6.04 Å². The molecule has 3 amide bonds. The molecule has 0 unspecified atom stereocenters. The van der Waals surface area contributed by atoms with Crippen LogP contribution in [-0.2, 0) is 14.4 Å². The fourth-order valence-corrected chi connectivity index (χ4v) is 3.29. The highest BCUT2D eigenvalue weighted by Gasteiger charge is 2.27. The minimum absolute atomic E-state index is 0.118. The summed E-state index contributed by atoms with van der Waals surface area (Å²) in [5.41, 5.74) is 2.26. The molecule has 2 atom stereocenters. The first kappa shape index (κ1) is 24.6. The summed E-state index contributed by atoms with van der Waals surface area (Å²) in [4.78, 5) is 36.8. The molecule has 7 nitrogen and oxygen atoms in total. The van der Waals surface area contributed by atoms with E-state index in [0.717, 1.165) is 19.3 Å². The van der Waals surface area contributed by atoms with Gasteiger partial charge in [0.05, 0.1) is 0 Å². The van der Waals surface area contributed by atoms with Crippen LogP contribution in [0.1, 0.15) is 76.3 Å². The Labute approximate surface area is 173 Å². The quantitative estimate of drug-likeness (QED) is 0.216. The molecule has 1 aromatic carbocycles. The van der Waals surface area contributed by atoms with E-state index in [0.29, 0.717) is 12.0 Å². The molecule has 7 heteroatoms. The third-order valence-corrected chi connectivity index (χ3v) is 5.01. The van der Waals surface area contributed by atoms with Crippen molar-refractivity contribution in [2.45, 2.75) is 70.8 Å². The molecule has 0 aliphatic heterocycles. The molecule has 0 bridgehead atoms. The number of unbranched alkanes of at least 4 members (excludes halogenated alkanes) is 6. The first-order valence-corrected chi connectivity index (χ1v) is 10.5. The number of carbonyl (C=O) groups is 3. The average molecular weight is 406 g/mol. The van der Waals surface area contributed by atoms with Gasteiger partial charge in [0.25, 0.3) is 0 Å². The second-order valence-corrected chi connectivity index (χ2v) is 7.31. The highest BCUT2D eigenvalue weighted by atomic mass is 16.5. The maximum absolute atomic E-state index is 12.9. The Hall–Kier alpha value is -2.41. The van der Waals surface area contributed by atoms with E-state index in [2.05, 4.69) is 17.6 Å². The van der Waals surface area contributed by atoms with E-state index in [-0.39, 0.29) is 18.2 Å². The van der Waals surface area contributed by atoms with Gasteiger partial charge in [-0.25, -0.2) is 5.48 Å². The van der Waals surface area contributed by atoms with Gasteiger partial charge in [-0.2, -0.15) is 0 Å². The van der Waals surface area contributed by atoms with E-state index >= 15 is 0 Å². The predicted molar refractivity (Wildman–Crippen MR) is 112 cm³/mol. The van der Waals surface area contributed by atoms with Crippen LogP contribution in [-0.4, -0.2) is 30.0 Å². The fraction of sp³-hybridized carbons (Fsp3) is 0.591. The summed E-state index contributed by atoms with van der Waals surface area (Å²) in [6.07, 6.45) is 8.16. The van der Waals surface area contributed by atoms with Crippen LogP contribution in [0.25, 0.3) is 0 Å². The standard InChI is InChI=1S/C22H35N3O4/c1-3-4-5-6-7-8-10-15-18(16-19(26)25-29)21(27)24-20(22(28)23-2)17-13-11-9-12-14-17/h9,11-14,18,20,29H,3-8,10,15-16H2,1-2H3,(H,23,28)(H,24,27)(H,25,26)/t18-,20+/m1/s1. The van der Waals surface area contributed by atoms with Crippen LogP contribution < -0.4 is 16.1 Å². The third-order valence-electron chi connectivity index (χ3n) is 5.01. The van der Waals surface area contributed by atoms with Crippen LogP contribution in [0.3, 0.4) is 0 Å². The van der Waals surface area contributed by atoms with Gasteiger partial charge in [0.15, 0.2) is 0 Å². The molecule has 1 aromatic rings. The van der Waals surface area contributed by atoms with E-state index in [1.54, 1.807) is 29.7 Å². The molecule has 4 N–H and O–H groups in total. The molecule has 0 aromatic heterocycles. The largest absolute Gasteiger partial charge is 0.357 e. The highest BCUT2D eigenvalue weighted by Crippen LogP contribution is 2.19. The van der Waals surface area contributed by atoms with Crippen LogP contribution in [0.5, 0.6) is 0 Å². The number of amides is 3. The first-order chi connectivity index (χ1) is 14.0. The summed E-state index contributed by atoms with van der Waals surface area (Å²) in [6.45, 7) is 2.18. The zero-order valence-corrected chi connectivity index (χ0v) is 17.6. The van der Waals surface area contributed by atoms with Crippen LogP contribution in [0.4, 0.5) is 0 Å². The molecule has 0 spiro atoms. The number of benzene rings is 1. The number of rotatable bonds is 14. The lowest BCUT2D eigenvalue weighted by Gasteiger charge is -2.22. The van der Waals surface area contributed by atoms with E-state index in [1.807, 2.05) is 6.07 Å². The Morgan fingerprint density at radius 1 is 0.931 bits per heavy atom. The Morgan fingerprint density at radius 2 is 1.55 bits per heavy atom. The average Bonchev–Trinajstić information content (AvgIpc) is 2.75.